The second-order valence-electron chi connectivity index (χ2n) is 4.81. The molecule has 2 aromatic carbocycles. The number of halogens is 2. The van der Waals surface area contributed by atoms with E-state index in [1.807, 2.05) is 12.1 Å². The molecule has 112 valence electrons. The molecule has 0 amide bonds. The number of benzene rings is 2. The highest BCUT2D eigenvalue weighted by Crippen LogP contribution is 2.13. The maximum atomic E-state index is 12.8. The van der Waals surface area contributed by atoms with Crippen LogP contribution in [-0.2, 0) is 16.4 Å². The van der Waals surface area contributed by atoms with Gasteiger partial charge in [-0.3, -0.25) is 0 Å². The Morgan fingerprint density at radius 1 is 1.10 bits per heavy atom. The van der Waals surface area contributed by atoms with Gasteiger partial charge in [0.05, 0.1) is 4.90 Å². The van der Waals surface area contributed by atoms with Gasteiger partial charge in [-0.25, -0.2) is 17.5 Å². The largest absolute Gasteiger partial charge is 0.240 e. The molecule has 1 atom stereocenters. The van der Waals surface area contributed by atoms with Gasteiger partial charge in [-0.1, -0.05) is 23.7 Å². The third-order valence-corrected chi connectivity index (χ3v) is 4.79. The van der Waals surface area contributed by atoms with Crippen LogP contribution in [0.5, 0.6) is 0 Å². The summed E-state index contributed by atoms with van der Waals surface area (Å²) in [5, 5.41) is 0.637. The van der Waals surface area contributed by atoms with Crippen LogP contribution >= 0.6 is 11.6 Å². The first-order valence-corrected chi connectivity index (χ1v) is 8.25. The van der Waals surface area contributed by atoms with E-state index in [0.29, 0.717) is 11.4 Å². The van der Waals surface area contributed by atoms with Crippen molar-refractivity contribution in [2.45, 2.75) is 24.3 Å². The first kappa shape index (κ1) is 15.9. The first-order valence-electron chi connectivity index (χ1n) is 6.39. The number of rotatable bonds is 5. The van der Waals surface area contributed by atoms with Crippen LogP contribution in [0.15, 0.2) is 53.4 Å². The number of nitrogens with one attached hydrogen (secondary N) is 1. The van der Waals surface area contributed by atoms with Gasteiger partial charge >= 0.3 is 0 Å². The Kier molecular flexibility index (Phi) is 4.98. The Bertz CT molecular complexity index is 699. The molecule has 0 fully saturated rings. The van der Waals surface area contributed by atoms with E-state index in [1.165, 1.54) is 12.1 Å². The van der Waals surface area contributed by atoms with Gasteiger partial charge in [-0.2, -0.15) is 0 Å². The summed E-state index contributed by atoms with van der Waals surface area (Å²) >= 11 is 5.81. The average Bonchev–Trinajstić information content (AvgIpc) is 2.41. The molecule has 0 saturated heterocycles. The topological polar surface area (TPSA) is 46.2 Å². The SMILES string of the molecule is CC(Cc1ccc(Cl)cc1)NS(=O)(=O)c1ccc(F)cc1. The van der Waals surface area contributed by atoms with Gasteiger partial charge in [0.2, 0.25) is 10.0 Å². The number of sulfonamides is 1. The minimum Gasteiger partial charge on any atom is -0.208 e. The van der Waals surface area contributed by atoms with Crippen molar-refractivity contribution in [3.63, 3.8) is 0 Å². The summed E-state index contributed by atoms with van der Waals surface area (Å²) in [7, 11) is -3.65. The highest BCUT2D eigenvalue weighted by molar-refractivity contribution is 7.89. The number of hydrogen-bond acceptors (Lipinski definition) is 2. The van der Waals surface area contributed by atoms with Crippen molar-refractivity contribution in [3.8, 4) is 0 Å². The average molecular weight is 328 g/mol. The molecule has 0 aliphatic carbocycles. The number of hydrogen-bond donors (Lipinski definition) is 1. The van der Waals surface area contributed by atoms with E-state index in [9.17, 15) is 12.8 Å². The first-order chi connectivity index (χ1) is 9.87. The Labute approximate surface area is 128 Å². The Morgan fingerprint density at radius 3 is 2.24 bits per heavy atom. The summed E-state index contributed by atoms with van der Waals surface area (Å²) in [5.41, 5.74) is 0.980. The third kappa shape index (κ3) is 4.52. The van der Waals surface area contributed by atoms with Gasteiger partial charge < -0.3 is 0 Å². The lowest BCUT2D eigenvalue weighted by Gasteiger charge is -2.14. The molecule has 0 heterocycles. The summed E-state index contributed by atoms with van der Waals surface area (Å²) in [6.07, 6.45) is 0.539. The van der Waals surface area contributed by atoms with Crippen LogP contribution in [0.1, 0.15) is 12.5 Å². The zero-order valence-electron chi connectivity index (χ0n) is 11.4. The van der Waals surface area contributed by atoms with Crippen LogP contribution in [0.3, 0.4) is 0 Å². The molecule has 0 bridgehead atoms. The van der Waals surface area contributed by atoms with Crippen molar-refractivity contribution >= 4 is 21.6 Å². The van der Waals surface area contributed by atoms with Crippen molar-refractivity contribution in [3.05, 3.63) is 64.9 Å². The summed E-state index contributed by atoms with van der Waals surface area (Å²) in [6, 6.07) is 11.7. The quantitative estimate of drug-likeness (QED) is 0.915. The Hall–Kier alpha value is -1.43. The van der Waals surface area contributed by atoms with E-state index in [1.54, 1.807) is 19.1 Å². The van der Waals surface area contributed by atoms with Crippen molar-refractivity contribution in [1.29, 1.82) is 0 Å². The molecule has 2 rings (SSSR count). The maximum Gasteiger partial charge on any atom is 0.240 e. The fraction of sp³-hybridized carbons (Fsp3) is 0.200. The van der Waals surface area contributed by atoms with Crippen LogP contribution < -0.4 is 4.72 Å². The van der Waals surface area contributed by atoms with E-state index < -0.39 is 15.8 Å². The molecule has 0 spiro atoms. The monoisotopic (exact) mass is 327 g/mol. The maximum absolute atomic E-state index is 12.8. The van der Waals surface area contributed by atoms with Crippen LogP contribution in [0.2, 0.25) is 5.02 Å². The lowest BCUT2D eigenvalue weighted by atomic mass is 10.1. The van der Waals surface area contributed by atoms with Gasteiger partial charge in [0.15, 0.2) is 0 Å². The van der Waals surface area contributed by atoms with Gasteiger partial charge in [-0.05, 0) is 55.3 Å². The lowest BCUT2D eigenvalue weighted by Crippen LogP contribution is -2.34. The van der Waals surface area contributed by atoms with Crippen LogP contribution in [0.25, 0.3) is 0 Å². The lowest BCUT2D eigenvalue weighted by molar-refractivity contribution is 0.559. The van der Waals surface area contributed by atoms with Crippen LogP contribution in [0.4, 0.5) is 4.39 Å². The molecular formula is C15H15ClFNO2S. The van der Waals surface area contributed by atoms with Crippen LogP contribution in [-0.4, -0.2) is 14.5 Å². The molecular weight excluding hydrogens is 313 g/mol. The second kappa shape index (κ2) is 6.56. The van der Waals surface area contributed by atoms with Crippen molar-refractivity contribution < 1.29 is 12.8 Å². The van der Waals surface area contributed by atoms with Crippen molar-refractivity contribution in [2.75, 3.05) is 0 Å². The van der Waals surface area contributed by atoms with Crippen LogP contribution in [0, 0.1) is 5.82 Å². The van der Waals surface area contributed by atoms with Gasteiger partial charge in [0, 0.05) is 11.1 Å². The molecule has 1 N–H and O–H groups in total. The molecule has 6 heteroatoms. The van der Waals surface area contributed by atoms with E-state index in [-0.39, 0.29) is 10.9 Å². The zero-order valence-corrected chi connectivity index (χ0v) is 13.0. The molecule has 1 unspecified atom stereocenters. The minimum atomic E-state index is -3.65. The minimum absolute atomic E-state index is 0.0480. The van der Waals surface area contributed by atoms with Gasteiger partial charge in [-0.15, -0.1) is 0 Å². The molecule has 21 heavy (non-hydrogen) atoms. The third-order valence-electron chi connectivity index (χ3n) is 2.94. The van der Waals surface area contributed by atoms with Gasteiger partial charge in [0.1, 0.15) is 5.82 Å². The molecule has 3 nitrogen and oxygen atoms in total. The molecule has 2 aromatic rings. The molecule has 0 saturated carbocycles. The standard InChI is InChI=1S/C15H15ClFNO2S/c1-11(10-12-2-4-13(16)5-3-12)18-21(19,20)15-8-6-14(17)7-9-15/h2-9,11,18H,10H2,1H3. The molecule has 0 aromatic heterocycles. The van der Waals surface area contributed by atoms with E-state index in [2.05, 4.69) is 4.72 Å². The summed E-state index contributed by atoms with van der Waals surface area (Å²) in [6.45, 7) is 1.77. The molecule has 0 aliphatic heterocycles. The predicted molar refractivity (Wildman–Crippen MR) is 81.3 cm³/mol. The smallest absolute Gasteiger partial charge is 0.208 e. The summed E-state index contributed by atoms with van der Waals surface area (Å²) in [5.74, 6) is -0.469. The summed E-state index contributed by atoms with van der Waals surface area (Å²) < 4.78 is 39.7. The normalized spacial score (nSPS) is 13.1. The summed E-state index contributed by atoms with van der Waals surface area (Å²) in [4.78, 5) is 0.0480. The van der Waals surface area contributed by atoms with E-state index in [0.717, 1.165) is 17.7 Å². The van der Waals surface area contributed by atoms with Crippen molar-refractivity contribution in [2.24, 2.45) is 0 Å². The highest BCUT2D eigenvalue weighted by atomic mass is 35.5. The van der Waals surface area contributed by atoms with E-state index in [4.69, 9.17) is 11.6 Å². The second-order valence-corrected chi connectivity index (χ2v) is 6.96. The molecule has 0 aliphatic rings. The van der Waals surface area contributed by atoms with Crippen molar-refractivity contribution in [1.82, 2.24) is 4.72 Å². The Morgan fingerprint density at radius 2 is 1.67 bits per heavy atom. The predicted octanol–water partition coefficient (Wildman–Crippen LogP) is 3.39. The Balaban J connectivity index is 2.05. The molecule has 0 radical (unpaired) electrons. The van der Waals surface area contributed by atoms with Gasteiger partial charge in [0.25, 0.3) is 0 Å². The van der Waals surface area contributed by atoms with E-state index >= 15 is 0 Å². The fourth-order valence-electron chi connectivity index (χ4n) is 1.96. The zero-order chi connectivity index (χ0) is 15.5. The highest BCUT2D eigenvalue weighted by Gasteiger charge is 2.17. The fourth-order valence-corrected chi connectivity index (χ4v) is 3.33.